The minimum atomic E-state index is -1.84. The molecule has 2 aliphatic rings. The molecule has 36 heavy (non-hydrogen) atoms. The zero-order valence-electron chi connectivity index (χ0n) is 19.9. The molecule has 3 aromatic carbocycles. The summed E-state index contributed by atoms with van der Waals surface area (Å²) in [6.45, 7) is 5.29. The number of hydrogen-bond donors (Lipinski definition) is 3. The topological polar surface area (TPSA) is 107 Å². The first-order valence-electron chi connectivity index (χ1n) is 11.6. The Balaban J connectivity index is 1.74. The molecule has 8 heteroatoms. The molecular weight excluding hydrogens is 480 g/mol. The van der Waals surface area contributed by atoms with E-state index in [9.17, 15) is 24.6 Å². The number of hydrogen-bond acceptors (Lipinski definition) is 5. The van der Waals surface area contributed by atoms with Gasteiger partial charge in [-0.05, 0) is 60.7 Å². The first kappa shape index (κ1) is 24.0. The van der Waals surface area contributed by atoms with E-state index in [0.29, 0.717) is 33.0 Å². The number of fused-ring (bicyclic) bond motifs is 1. The van der Waals surface area contributed by atoms with Crippen LogP contribution in [0.25, 0.3) is 0 Å². The number of rotatable bonds is 4. The minimum Gasteiger partial charge on any atom is -0.507 e. The number of aromatic hydroxyl groups is 1. The summed E-state index contributed by atoms with van der Waals surface area (Å²) in [6, 6.07) is 16.0. The number of carboxylic acids is 1. The number of halogens is 1. The highest BCUT2D eigenvalue weighted by atomic mass is 35.5. The first-order chi connectivity index (χ1) is 17.1. The molecule has 0 aromatic heterocycles. The van der Waals surface area contributed by atoms with Gasteiger partial charge in [0.15, 0.2) is 5.54 Å². The van der Waals surface area contributed by atoms with E-state index in [2.05, 4.69) is 5.32 Å². The molecule has 0 radical (unpaired) electrons. The Morgan fingerprint density at radius 2 is 1.58 bits per heavy atom. The van der Waals surface area contributed by atoms with Crippen LogP contribution in [0.5, 0.6) is 5.75 Å². The number of carbonyl (C=O) groups excluding carboxylic acids is 2. The Morgan fingerprint density at radius 1 is 0.944 bits per heavy atom. The fraction of sp³-hybridized carbons (Fsp3) is 0.250. The second kappa shape index (κ2) is 8.47. The Bertz CT molecular complexity index is 1400. The van der Waals surface area contributed by atoms with Gasteiger partial charge in [0.05, 0.1) is 17.5 Å². The monoisotopic (exact) mass is 504 g/mol. The molecule has 2 amide bonds. The number of phenols is 1. The number of carbonyl (C=O) groups is 3. The van der Waals surface area contributed by atoms with Crippen LogP contribution < -0.4 is 10.2 Å². The van der Waals surface area contributed by atoms with Crippen LogP contribution in [0.3, 0.4) is 0 Å². The van der Waals surface area contributed by atoms with Crippen LogP contribution in [0.15, 0.2) is 60.7 Å². The summed E-state index contributed by atoms with van der Waals surface area (Å²) in [4.78, 5) is 42.0. The largest absolute Gasteiger partial charge is 0.507 e. The van der Waals surface area contributed by atoms with Gasteiger partial charge >= 0.3 is 5.97 Å². The van der Waals surface area contributed by atoms with Crippen LogP contribution in [-0.4, -0.2) is 28.0 Å². The van der Waals surface area contributed by atoms with Gasteiger partial charge in [-0.1, -0.05) is 60.1 Å². The molecule has 4 unspecified atom stereocenters. The van der Waals surface area contributed by atoms with Crippen LogP contribution in [0.4, 0.5) is 5.69 Å². The third kappa shape index (κ3) is 3.34. The number of carboxylic acid groups (broad SMARTS) is 1. The quantitative estimate of drug-likeness (QED) is 0.455. The number of anilines is 1. The lowest BCUT2D eigenvalue weighted by Crippen LogP contribution is -2.53. The summed E-state index contributed by atoms with van der Waals surface area (Å²) in [5.74, 6) is -4.40. The maximum Gasteiger partial charge on any atom is 0.329 e. The number of benzene rings is 3. The van der Waals surface area contributed by atoms with Crippen LogP contribution >= 0.6 is 11.6 Å². The summed E-state index contributed by atoms with van der Waals surface area (Å²) in [6.07, 6.45) is 0. The molecule has 2 fully saturated rings. The number of amides is 2. The first-order valence-corrected chi connectivity index (χ1v) is 12.0. The van der Waals surface area contributed by atoms with Gasteiger partial charge in [-0.2, -0.15) is 0 Å². The van der Waals surface area contributed by atoms with E-state index in [1.54, 1.807) is 74.5 Å². The lowest BCUT2D eigenvalue weighted by Gasteiger charge is -2.31. The molecule has 0 aliphatic carbocycles. The fourth-order valence-corrected chi connectivity index (χ4v) is 5.80. The van der Waals surface area contributed by atoms with Crippen molar-refractivity contribution in [1.82, 2.24) is 5.32 Å². The molecule has 2 heterocycles. The molecular formula is C28H25ClN2O5. The summed E-state index contributed by atoms with van der Waals surface area (Å²) >= 11 is 6.31. The second-order valence-corrected chi connectivity index (χ2v) is 9.96. The van der Waals surface area contributed by atoms with E-state index in [1.165, 1.54) is 0 Å². The zero-order chi connectivity index (χ0) is 25.9. The third-order valence-corrected chi connectivity index (χ3v) is 7.82. The number of aryl methyl sites for hydroxylation is 3. The summed E-state index contributed by atoms with van der Waals surface area (Å²) < 4.78 is 0. The number of nitrogens with zero attached hydrogens (tertiary/aromatic N) is 1. The second-order valence-electron chi connectivity index (χ2n) is 9.55. The smallest absolute Gasteiger partial charge is 0.329 e. The molecule has 5 rings (SSSR count). The maximum absolute atomic E-state index is 14.0. The van der Waals surface area contributed by atoms with Crippen LogP contribution in [0, 0.1) is 32.6 Å². The van der Waals surface area contributed by atoms with Crippen molar-refractivity contribution in [1.29, 1.82) is 0 Å². The molecule has 3 aromatic rings. The van der Waals surface area contributed by atoms with E-state index in [1.807, 2.05) is 6.92 Å². The van der Waals surface area contributed by atoms with Crippen molar-refractivity contribution in [2.75, 3.05) is 4.90 Å². The molecule has 184 valence electrons. The van der Waals surface area contributed by atoms with Crippen molar-refractivity contribution in [3.8, 4) is 5.75 Å². The fourth-order valence-electron chi connectivity index (χ4n) is 5.62. The van der Waals surface area contributed by atoms with Crippen molar-refractivity contribution in [2.24, 2.45) is 11.8 Å². The van der Waals surface area contributed by atoms with Gasteiger partial charge in [0.25, 0.3) is 0 Å². The molecule has 2 saturated heterocycles. The summed E-state index contributed by atoms with van der Waals surface area (Å²) in [5, 5.41) is 24.5. The number of aliphatic carboxylic acids is 1. The predicted octanol–water partition coefficient (Wildman–Crippen LogP) is 4.40. The summed E-state index contributed by atoms with van der Waals surface area (Å²) in [5.41, 5.74) is 1.45. The number of nitrogens with one attached hydrogen (secondary N) is 1. The van der Waals surface area contributed by atoms with E-state index in [-0.39, 0.29) is 5.75 Å². The third-order valence-electron chi connectivity index (χ3n) is 7.41. The minimum absolute atomic E-state index is 0.130. The van der Waals surface area contributed by atoms with Gasteiger partial charge in [0.1, 0.15) is 5.75 Å². The van der Waals surface area contributed by atoms with Crippen LogP contribution in [0.1, 0.15) is 33.9 Å². The van der Waals surface area contributed by atoms with E-state index in [4.69, 9.17) is 11.6 Å². The van der Waals surface area contributed by atoms with E-state index in [0.717, 1.165) is 10.5 Å². The Morgan fingerprint density at radius 3 is 2.17 bits per heavy atom. The average molecular weight is 505 g/mol. The Kier molecular flexibility index (Phi) is 5.65. The van der Waals surface area contributed by atoms with Gasteiger partial charge in [-0.3, -0.25) is 14.9 Å². The van der Waals surface area contributed by atoms with Gasteiger partial charge < -0.3 is 10.2 Å². The summed E-state index contributed by atoms with van der Waals surface area (Å²) in [7, 11) is 0. The molecule has 0 spiro atoms. The van der Waals surface area contributed by atoms with E-state index < -0.39 is 41.2 Å². The normalized spacial score (nSPS) is 25.3. The number of imide groups is 1. The predicted molar refractivity (Wildman–Crippen MR) is 135 cm³/mol. The highest BCUT2D eigenvalue weighted by Gasteiger charge is 2.69. The standard InChI is InChI=1S/C28H25ClN2O5/c1-14-9-10-19(13-20(14)29)31-25(33)21-22(26(31)34)28(27(35)36,18-7-5-4-6-8-18)30-23(21)17-11-15(2)24(32)16(3)12-17/h4-13,21-23,30,32H,1-3H3,(H,35,36). The lowest BCUT2D eigenvalue weighted by molar-refractivity contribution is -0.149. The highest BCUT2D eigenvalue weighted by molar-refractivity contribution is 6.32. The van der Waals surface area contributed by atoms with Crippen molar-refractivity contribution in [2.45, 2.75) is 32.4 Å². The Labute approximate surface area is 213 Å². The molecule has 2 aliphatic heterocycles. The van der Waals surface area contributed by atoms with E-state index >= 15 is 0 Å². The lowest BCUT2D eigenvalue weighted by atomic mass is 9.75. The average Bonchev–Trinajstić information content (AvgIpc) is 3.34. The van der Waals surface area contributed by atoms with Gasteiger partial charge in [-0.25, -0.2) is 9.69 Å². The number of phenolic OH excluding ortho intramolecular Hbond substituents is 1. The molecule has 3 N–H and O–H groups in total. The Hall–Kier alpha value is -3.68. The van der Waals surface area contributed by atoms with Crippen molar-refractivity contribution < 1.29 is 24.6 Å². The van der Waals surface area contributed by atoms with Gasteiger partial charge in [-0.15, -0.1) is 0 Å². The van der Waals surface area contributed by atoms with Crippen LogP contribution in [0.2, 0.25) is 5.02 Å². The highest BCUT2D eigenvalue weighted by Crippen LogP contribution is 2.54. The maximum atomic E-state index is 14.0. The zero-order valence-corrected chi connectivity index (χ0v) is 20.7. The van der Waals surface area contributed by atoms with Gasteiger partial charge in [0.2, 0.25) is 11.8 Å². The van der Waals surface area contributed by atoms with Crippen molar-refractivity contribution in [3.05, 3.63) is 93.5 Å². The van der Waals surface area contributed by atoms with Crippen molar-refractivity contribution in [3.63, 3.8) is 0 Å². The van der Waals surface area contributed by atoms with Crippen molar-refractivity contribution >= 4 is 35.1 Å². The molecule has 0 saturated carbocycles. The molecule has 0 bridgehead atoms. The van der Waals surface area contributed by atoms with Crippen LogP contribution in [-0.2, 0) is 19.9 Å². The molecule has 4 atom stereocenters. The molecule has 7 nitrogen and oxygen atoms in total. The van der Waals surface area contributed by atoms with Gasteiger partial charge in [0, 0.05) is 11.1 Å². The SMILES string of the molecule is Cc1ccc(N2C(=O)C3C(c4cc(C)c(O)c(C)c4)NC(C(=O)O)(c4ccccc4)C3C2=O)cc1Cl.